The number of hydrogen-bond acceptors (Lipinski definition) is 4. The first kappa shape index (κ1) is 27.6. The molecule has 0 aliphatic rings. The summed E-state index contributed by atoms with van der Waals surface area (Å²) in [5, 5.41) is 0. The molecule has 186 valence electrons. The maximum atomic E-state index is 12.4. The quantitative estimate of drug-likeness (QED) is 0.154. The molecule has 0 saturated carbocycles. The van der Waals surface area contributed by atoms with E-state index in [0.29, 0.717) is 12.8 Å². The standard InChI is InChI=1S/C30H42O4/c1-3-5-11-23-33-27-19-15-25(16-20-27)29(31)13-9-7-8-10-14-30(32)26-17-21-28(22-18-26)34-24-12-6-4-2/h15-22H,3-14,23-24H2,1-2H3. The predicted octanol–water partition coefficient (Wildman–Crippen LogP) is 8.23. The van der Waals surface area contributed by atoms with E-state index in [-0.39, 0.29) is 11.6 Å². The Morgan fingerprint density at radius 3 is 1.26 bits per heavy atom. The number of rotatable bonds is 19. The molecule has 0 radical (unpaired) electrons. The van der Waals surface area contributed by atoms with Crippen molar-refractivity contribution in [3.63, 3.8) is 0 Å². The molecule has 0 amide bonds. The Balaban J connectivity index is 1.57. The minimum absolute atomic E-state index is 0.172. The van der Waals surface area contributed by atoms with Gasteiger partial charge >= 0.3 is 0 Å². The summed E-state index contributed by atoms with van der Waals surface area (Å²) in [7, 11) is 0. The van der Waals surface area contributed by atoms with Crippen LogP contribution in [0.4, 0.5) is 0 Å². The third-order valence-corrected chi connectivity index (χ3v) is 5.94. The van der Waals surface area contributed by atoms with Gasteiger partial charge < -0.3 is 9.47 Å². The molecule has 34 heavy (non-hydrogen) atoms. The topological polar surface area (TPSA) is 52.6 Å². The molecule has 0 saturated heterocycles. The van der Waals surface area contributed by atoms with Crippen molar-refractivity contribution in [2.24, 2.45) is 0 Å². The van der Waals surface area contributed by atoms with Gasteiger partial charge in [-0.3, -0.25) is 9.59 Å². The lowest BCUT2D eigenvalue weighted by Gasteiger charge is -2.07. The molecule has 0 spiro atoms. The van der Waals surface area contributed by atoms with Crippen LogP contribution in [-0.2, 0) is 0 Å². The van der Waals surface area contributed by atoms with Crippen LogP contribution in [0.2, 0.25) is 0 Å². The molecule has 0 atom stereocenters. The highest BCUT2D eigenvalue weighted by Gasteiger charge is 2.08. The molecule has 0 N–H and O–H groups in total. The summed E-state index contributed by atoms with van der Waals surface area (Å²) in [6, 6.07) is 15.0. The van der Waals surface area contributed by atoms with Gasteiger partial charge in [0.25, 0.3) is 0 Å². The zero-order chi connectivity index (χ0) is 24.4. The Labute approximate surface area is 206 Å². The van der Waals surface area contributed by atoms with Gasteiger partial charge in [-0.25, -0.2) is 0 Å². The molecule has 0 aliphatic heterocycles. The Kier molecular flexibility index (Phi) is 13.7. The monoisotopic (exact) mass is 466 g/mol. The summed E-state index contributed by atoms with van der Waals surface area (Å²) in [6.07, 6.45) is 11.5. The number of ether oxygens (including phenoxy) is 2. The van der Waals surface area contributed by atoms with E-state index in [0.717, 1.165) is 74.4 Å². The maximum Gasteiger partial charge on any atom is 0.162 e. The molecule has 2 rings (SSSR count). The van der Waals surface area contributed by atoms with Crippen molar-refractivity contribution in [2.75, 3.05) is 13.2 Å². The highest BCUT2D eigenvalue weighted by atomic mass is 16.5. The Hall–Kier alpha value is -2.62. The number of benzene rings is 2. The second-order valence-corrected chi connectivity index (χ2v) is 8.92. The normalized spacial score (nSPS) is 10.8. The van der Waals surface area contributed by atoms with Crippen molar-refractivity contribution in [3.05, 3.63) is 59.7 Å². The predicted molar refractivity (Wildman–Crippen MR) is 139 cm³/mol. The number of ketones is 2. The summed E-state index contributed by atoms with van der Waals surface area (Å²) in [5.41, 5.74) is 1.49. The van der Waals surface area contributed by atoms with Crippen molar-refractivity contribution >= 4 is 11.6 Å². The van der Waals surface area contributed by atoms with E-state index in [4.69, 9.17) is 9.47 Å². The van der Waals surface area contributed by atoms with Crippen molar-refractivity contribution in [2.45, 2.75) is 90.9 Å². The van der Waals surface area contributed by atoms with Gasteiger partial charge in [-0.05, 0) is 74.2 Å². The Morgan fingerprint density at radius 1 is 0.529 bits per heavy atom. The zero-order valence-corrected chi connectivity index (χ0v) is 21.2. The SMILES string of the molecule is CCCCCOc1ccc(C(=O)CCCCCCC(=O)c2ccc(OCCCCC)cc2)cc1. The summed E-state index contributed by atoms with van der Waals surface area (Å²) in [4.78, 5) is 24.8. The minimum atomic E-state index is 0.172. The van der Waals surface area contributed by atoms with E-state index < -0.39 is 0 Å². The van der Waals surface area contributed by atoms with Crippen LogP contribution in [0.25, 0.3) is 0 Å². The van der Waals surface area contributed by atoms with E-state index >= 15 is 0 Å². The molecule has 0 unspecified atom stereocenters. The van der Waals surface area contributed by atoms with Crippen LogP contribution < -0.4 is 9.47 Å². The summed E-state index contributed by atoms with van der Waals surface area (Å²) < 4.78 is 11.4. The van der Waals surface area contributed by atoms with Gasteiger partial charge in [0.2, 0.25) is 0 Å². The van der Waals surface area contributed by atoms with Crippen LogP contribution in [0, 0.1) is 0 Å². The molecule has 2 aromatic rings. The van der Waals surface area contributed by atoms with Crippen molar-refractivity contribution in [1.82, 2.24) is 0 Å². The number of carbonyl (C=O) groups is 2. The number of hydrogen-bond donors (Lipinski definition) is 0. The molecule has 0 bridgehead atoms. The van der Waals surface area contributed by atoms with Gasteiger partial charge in [0, 0.05) is 24.0 Å². The first-order valence-electron chi connectivity index (χ1n) is 13.2. The largest absolute Gasteiger partial charge is 0.494 e. The molecular formula is C30H42O4. The van der Waals surface area contributed by atoms with E-state index in [2.05, 4.69) is 13.8 Å². The smallest absolute Gasteiger partial charge is 0.162 e. The highest BCUT2D eigenvalue weighted by molar-refractivity contribution is 5.96. The van der Waals surface area contributed by atoms with Crippen molar-refractivity contribution in [1.29, 1.82) is 0 Å². The average molecular weight is 467 g/mol. The summed E-state index contributed by atoms with van der Waals surface area (Å²) in [6.45, 7) is 5.79. The summed E-state index contributed by atoms with van der Waals surface area (Å²) in [5.74, 6) is 1.99. The van der Waals surface area contributed by atoms with Gasteiger partial charge in [0.05, 0.1) is 13.2 Å². The van der Waals surface area contributed by atoms with Crippen LogP contribution >= 0.6 is 0 Å². The first-order chi connectivity index (χ1) is 16.6. The molecule has 0 aliphatic carbocycles. The van der Waals surface area contributed by atoms with Gasteiger partial charge in [0.15, 0.2) is 11.6 Å². The Bertz CT molecular complexity index is 752. The van der Waals surface area contributed by atoms with Crippen molar-refractivity contribution < 1.29 is 19.1 Å². The van der Waals surface area contributed by atoms with E-state index in [1.165, 1.54) is 25.7 Å². The maximum absolute atomic E-state index is 12.4. The number of Topliss-reactive ketones (excluding diaryl/α,β-unsaturated/α-hetero) is 2. The lowest BCUT2D eigenvalue weighted by Crippen LogP contribution is -2.01. The van der Waals surface area contributed by atoms with Crippen LogP contribution in [0.1, 0.15) is 112 Å². The van der Waals surface area contributed by atoms with Crippen molar-refractivity contribution in [3.8, 4) is 11.5 Å². The lowest BCUT2D eigenvalue weighted by molar-refractivity contribution is 0.0966. The number of carbonyl (C=O) groups excluding carboxylic acids is 2. The fourth-order valence-electron chi connectivity index (χ4n) is 3.77. The average Bonchev–Trinajstić information content (AvgIpc) is 2.87. The fourth-order valence-corrected chi connectivity index (χ4v) is 3.77. The van der Waals surface area contributed by atoms with Crippen LogP contribution in [0.5, 0.6) is 11.5 Å². The third kappa shape index (κ3) is 11.0. The molecule has 2 aromatic carbocycles. The third-order valence-electron chi connectivity index (χ3n) is 5.94. The highest BCUT2D eigenvalue weighted by Crippen LogP contribution is 2.18. The second-order valence-electron chi connectivity index (χ2n) is 8.92. The lowest BCUT2D eigenvalue weighted by atomic mass is 10.0. The van der Waals surface area contributed by atoms with Gasteiger partial charge in [-0.2, -0.15) is 0 Å². The van der Waals surface area contributed by atoms with Gasteiger partial charge in [-0.15, -0.1) is 0 Å². The second kappa shape index (κ2) is 16.9. The van der Waals surface area contributed by atoms with Crippen LogP contribution in [-0.4, -0.2) is 24.8 Å². The minimum Gasteiger partial charge on any atom is -0.494 e. The molecule has 0 heterocycles. The molecule has 0 fully saturated rings. The number of unbranched alkanes of at least 4 members (excludes halogenated alkanes) is 7. The first-order valence-corrected chi connectivity index (χ1v) is 13.2. The Morgan fingerprint density at radius 2 is 0.912 bits per heavy atom. The van der Waals surface area contributed by atoms with Gasteiger partial charge in [-0.1, -0.05) is 52.4 Å². The van der Waals surface area contributed by atoms with E-state index in [1.807, 2.05) is 48.5 Å². The van der Waals surface area contributed by atoms with E-state index in [9.17, 15) is 9.59 Å². The summed E-state index contributed by atoms with van der Waals surface area (Å²) >= 11 is 0. The van der Waals surface area contributed by atoms with Crippen LogP contribution in [0.3, 0.4) is 0 Å². The van der Waals surface area contributed by atoms with Gasteiger partial charge in [0.1, 0.15) is 11.5 Å². The van der Waals surface area contributed by atoms with E-state index in [1.54, 1.807) is 0 Å². The molecule has 4 heteroatoms. The molecule has 4 nitrogen and oxygen atoms in total. The molecular weight excluding hydrogens is 424 g/mol. The zero-order valence-electron chi connectivity index (χ0n) is 21.2. The fraction of sp³-hybridized carbons (Fsp3) is 0.533. The van der Waals surface area contributed by atoms with Crippen LogP contribution in [0.15, 0.2) is 48.5 Å². The molecule has 0 aromatic heterocycles.